The topological polar surface area (TPSA) is 56.7 Å². The number of fused-ring (bicyclic) bond motifs is 4. The van der Waals surface area contributed by atoms with E-state index in [0.29, 0.717) is 25.7 Å². The fourth-order valence-electron chi connectivity index (χ4n) is 9.65. The number of hydrogen-bond acceptors (Lipinski definition) is 5. The Morgan fingerprint density at radius 3 is 2.28 bits per heavy atom. The highest BCUT2D eigenvalue weighted by atomic mass is 19.4. The average Bonchev–Trinajstić information content (AvgIpc) is 3.33. The molecule has 1 N–H and O–H groups in total. The summed E-state index contributed by atoms with van der Waals surface area (Å²) in [5.41, 5.74) is 1.33. The molecule has 0 unspecified atom stereocenters. The fraction of sp³-hybridized carbons (Fsp3) is 0.568. The van der Waals surface area contributed by atoms with Gasteiger partial charge >= 0.3 is 12.1 Å². The van der Waals surface area contributed by atoms with E-state index in [1.807, 2.05) is 48.7 Å². The van der Waals surface area contributed by atoms with Crippen LogP contribution in [0.1, 0.15) is 74.6 Å². The maximum atomic E-state index is 15.3. The summed E-state index contributed by atoms with van der Waals surface area (Å²) in [7, 11) is 0. The Morgan fingerprint density at radius 2 is 1.62 bits per heavy atom. The summed E-state index contributed by atoms with van der Waals surface area (Å²) >= 11 is 0. The summed E-state index contributed by atoms with van der Waals surface area (Å²) in [5, 5.41) is 11.5. The molecule has 47 heavy (non-hydrogen) atoms. The van der Waals surface area contributed by atoms with Gasteiger partial charge in [-0.05, 0) is 90.8 Å². The predicted molar refractivity (Wildman–Crippen MR) is 167 cm³/mol. The summed E-state index contributed by atoms with van der Waals surface area (Å²) in [6, 6.07) is 14.0. The number of nitrogens with zero attached hydrogens (tertiary/aromatic N) is 3. The molecular formula is C37H42F5N3O2. The van der Waals surface area contributed by atoms with Crippen molar-refractivity contribution >= 4 is 5.78 Å². The minimum Gasteiger partial charge on any atom is -0.383 e. The van der Waals surface area contributed by atoms with E-state index in [1.165, 1.54) is 6.92 Å². The summed E-state index contributed by atoms with van der Waals surface area (Å²) in [6.45, 7) is 6.72. The minimum absolute atomic E-state index is 0.00598. The third-order valence-corrected chi connectivity index (χ3v) is 12.1. The van der Waals surface area contributed by atoms with E-state index in [4.69, 9.17) is 0 Å². The first-order valence-corrected chi connectivity index (χ1v) is 16.9. The molecule has 2 saturated carbocycles. The van der Waals surface area contributed by atoms with E-state index in [-0.39, 0.29) is 24.5 Å². The van der Waals surface area contributed by atoms with Crippen molar-refractivity contribution in [3.05, 3.63) is 88.3 Å². The Labute approximate surface area is 272 Å². The van der Waals surface area contributed by atoms with Crippen LogP contribution in [0.2, 0.25) is 0 Å². The van der Waals surface area contributed by atoms with Gasteiger partial charge in [-0.1, -0.05) is 42.8 Å². The monoisotopic (exact) mass is 655 g/mol. The van der Waals surface area contributed by atoms with Crippen LogP contribution in [0.5, 0.6) is 0 Å². The number of piperazine rings is 1. The van der Waals surface area contributed by atoms with Crippen molar-refractivity contribution in [2.75, 3.05) is 26.2 Å². The fourth-order valence-corrected chi connectivity index (χ4v) is 9.65. The molecule has 2 aromatic rings. The molecular weight excluding hydrogens is 613 g/mol. The third-order valence-electron chi connectivity index (χ3n) is 12.1. The molecule has 5 atom stereocenters. The van der Waals surface area contributed by atoms with E-state index in [2.05, 4.69) is 14.8 Å². The molecule has 1 aromatic heterocycles. The number of carbonyl (C=O) groups is 1. The van der Waals surface area contributed by atoms with Crippen LogP contribution in [-0.4, -0.2) is 69.6 Å². The highest BCUT2D eigenvalue weighted by Crippen LogP contribution is 2.70. The van der Waals surface area contributed by atoms with Gasteiger partial charge in [-0.3, -0.25) is 19.6 Å². The SMILES string of the molecule is C[C@]12C[C@H](c3ccc(CN4CCN(Cc5ccccn5)CC4)cc3)C3=C4CCC(=O)C=C4CC[C@H]3[C@@H]1CC[C@@]2(O)C(F)(F)C(F)(F)F. The summed E-state index contributed by atoms with van der Waals surface area (Å²) in [4.78, 5) is 21.5. The Hall–Kier alpha value is -2.95. The molecule has 10 heteroatoms. The predicted octanol–water partition coefficient (Wildman–Crippen LogP) is 7.23. The van der Waals surface area contributed by atoms with Crippen LogP contribution in [-0.2, 0) is 17.9 Å². The highest BCUT2D eigenvalue weighted by molar-refractivity contribution is 5.93. The van der Waals surface area contributed by atoms with Crippen molar-refractivity contribution in [1.29, 1.82) is 0 Å². The van der Waals surface area contributed by atoms with Crippen LogP contribution < -0.4 is 0 Å². The Kier molecular flexibility index (Phi) is 8.24. The zero-order valence-electron chi connectivity index (χ0n) is 26.7. The Morgan fingerprint density at radius 1 is 0.915 bits per heavy atom. The van der Waals surface area contributed by atoms with Gasteiger partial charge in [0.05, 0.1) is 5.69 Å². The van der Waals surface area contributed by atoms with E-state index in [9.17, 15) is 23.1 Å². The molecule has 5 nitrogen and oxygen atoms in total. The lowest BCUT2D eigenvalue weighted by Crippen LogP contribution is -2.65. The molecule has 0 amide bonds. The molecule has 7 rings (SSSR count). The van der Waals surface area contributed by atoms with Gasteiger partial charge in [0.15, 0.2) is 5.78 Å². The Bertz CT molecular complexity index is 1560. The lowest BCUT2D eigenvalue weighted by atomic mass is 9.50. The van der Waals surface area contributed by atoms with Gasteiger partial charge in [-0.2, -0.15) is 22.0 Å². The second-order valence-corrected chi connectivity index (χ2v) is 14.6. The van der Waals surface area contributed by atoms with Crippen molar-refractivity contribution in [2.45, 2.75) is 88.6 Å². The number of aromatic nitrogens is 1. The third kappa shape index (κ3) is 5.48. The molecule has 0 radical (unpaired) electrons. The van der Waals surface area contributed by atoms with Crippen LogP contribution in [0, 0.1) is 17.3 Å². The molecule has 1 saturated heterocycles. The van der Waals surface area contributed by atoms with Crippen LogP contribution >= 0.6 is 0 Å². The molecule has 1 aliphatic heterocycles. The molecule has 0 spiro atoms. The van der Waals surface area contributed by atoms with Crippen molar-refractivity contribution in [3.63, 3.8) is 0 Å². The zero-order chi connectivity index (χ0) is 33.2. The maximum absolute atomic E-state index is 15.3. The number of carbonyl (C=O) groups excluding carboxylic acids is 1. The number of rotatable bonds is 6. The lowest BCUT2D eigenvalue weighted by Gasteiger charge is -2.56. The summed E-state index contributed by atoms with van der Waals surface area (Å²) in [5.74, 6) is -6.32. The van der Waals surface area contributed by atoms with Gasteiger partial charge in [0.25, 0.3) is 0 Å². The number of halogens is 5. The summed E-state index contributed by atoms with van der Waals surface area (Å²) in [6.07, 6.45) is -0.736. The number of ketones is 1. The van der Waals surface area contributed by atoms with Crippen molar-refractivity contribution in [2.24, 2.45) is 17.3 Å². The zero-order valence-corrected chi connectivity index (χ0v) is 26.7. The number of allylic oxidation sites excluding steroid dienone is 4. The maximum Gasteiger partial charge on any atom is 0.456 e. The molecule has 1 aromatic carbocycles. The molecule has 5 aliphatic rings. The van der Waals surface area contributed by atoms with E-state index in [1.54, 1.807) is 6.08 Å². The molecule has 3 fully saturated rings. The quantitative estimate of drug-likeness (QED) is 0.333. The number of aliphatic hydroxyl groups is 1. The normalized spacial score (nSPS) is 32.1. The second kappa shape index (κ2) is 11.9. The van der Waals surface area contributed by atoms with Gasteiger partial charge in [0.1, 0.15) is 5.60 Å². The van der Waals surface area contributed by atoms with Gasteiger partial charge in [0.2, 0.25) is 0 Å². The van der Waals surface area contributed by atoms with Crippen LogP contribution in [0.25, 0.3) is 0 Å². The van der Waals surface area contributed by atoms with E-state index < -0.39 is 41.4 Å². The first kappa shape index (κ1) is 32.6. The largest absolute Gasteiger partial charge is 0.456 e. The highest BCUT2D eigenvalue weighted by Gasteiger charge is 2.79. The molecule has 252 valence electrons. The lowest BCUT2D eigenvalue weighted by molar-refractivity contribution is -0.362. The van der Waals surface area contributed by atoms with Gasteiger partial charge in [-0.15, -0.1) is 0 Å². The first-order chi connectivity index (χ1) is 22.3. The number of hydrogen-bond donors (Lipinski definition) is 1. The van der Waals surface area contributed by atoms with Crippen molar-refractivity contribution in [3.8, 4) is 0 Å². The number of pyridine rings is 1. The minimum atomic E-state index is -5.86. The van der Waals surface area contributed by atoms with Crippen LogP contribution in [0.15, 0.2) is 71.5 Å². The van der Waals surface area contributed by atoms with Crippen LogP contribution in [0.3, 0.4) is 0 Å². The Balaban J connectivity index is 1.15. The van der Waals surface area contributed by atoms with Crippen LogP contribution in [0.4, 0.5) is 22.0 Å². The van der Waals surface area contributed by atoms with E-state index >= 15 is 8.78 Å². The van der Waals surface area contributed by atoms with Gasteiger partial charge in [0, 0.05) is 63.2 Å². The molecule has 0 bridgehead atoms. The molecule has 2 heterocycles. The number of alkyl halides is 5. The standard InChI is InChI=1S/C37H42F5N3O2/c1-34-21-31(25-7-5-24(6-8-25)22-44-16-18-45(19-17-44)23-27-4-2-3-15-43-27)33-29-12-10-28(46)20-26(29)9-11-30(33)32(34)13-14-35(34,47)36(38,39)37(40,41)42/h2-8,15,20,30-32,47H,9-14,16-19,21-23H2,1H3/t30-,31+,32-,34-,35-/m0/s1. The van der Waals surface area contributed by atoms with E-state index in [0.717, 1.165) is 72.8 Å². The van der Waals surface area contributed by atoms with Crippen molar-refractivity contribution < 1.29 is 31.9 Å². The smallest absolute Gasteiger partial charge is 0.383 e. The van der Waals surface area contributed by atoms with Gasteiger partial charge in [-0.25, -0.2) is 0 Å². The average molecular weight is 656 g/mol. The molecule has 4 aliphatic carbocycles. The first-order valence-electron chi connectivity index (χ1n) is 16.9. The van der Waals surface area contributed by atoms with Gasteiger partial charge < -0.3 is 5.11 Å². The van der Waals surface area contributed by atoms with Crippen molar-refractivity contribution in [1.82, 2.24) is 14.8 Å². The number of benzene rings is 1. The summed E-state index contributed by atoms with van der Waals surface area (Å²) < 4.78 is 72.1. The second-order valence-electron chi connectivity index (χ2n) is 14.6.